The molecule has 0 bridgehead atoms. The van der Waals surface area contributed by atoms with Crippen LogP contribution in [-0.4, -0.2) is 36.5 Å². The van der Waals surface area contributed by atoms with E-state index in [2.05, 4.69) is 19.1 Å². The molecular weight excluding hydrogens is 312 g/mol. The number of ether oxygens (including phenoxy) is 1. The molecule has 2 N–H and O–H groups in total. The van der Waals surface area contributed by atoms with Crippen LogP contribution < -0.4 is 5.73 Å². The van der Waals surface area contributed by atoms with E-state index in [0.29, 0.717) is 19.6 Å². The van der Waals surface area contributed by atoms with Crippen molar-refractivity contribution in [3.05, 3.63) is 35.9 Å². The zero-order valence-electron chi connectivity index (χ0n) is 13.9. The summed E-state index contributed by atoms with van der Waals surface area (Å²) >= 11 is 0. The molecule has 2 unspecified atom stereocenters. The van der Waals surface area contributed by atoms with Gasteiger partial charge >= 0.3 is 0 Å². The van der Waals surface area contributed by atoms with Crippen LogP contribution in [0.15, 0.2) is 30.3 Å². The first-order valence-electron chi connectivity index (χ1n) is 8.38. The Balaban J connectivity index is 0.00000264. The van der Waals surface area contributed by atoms with E-state index in [1.165, 1.54) is 0 Å². The van der Waals surface area contributed by atoms with Crippen molar-refractivity contribution in [2.75, 3.05) is 19.7 Å². The average molecular weight is 341 g/mol. The summed E-state index contributed by atoms with van der Waals surface area (Å²) in [4.78, 5) is 14.5. The molecule has 0 radical (unpaired) electrons. The van der Waals surface area contributed by atoms with Crippen LogP contribution in [0.25, 0.3) is 0 Å². The summed E-state index contributed by atoms with van der Waals surface area (Å²) in [6.45, 7) is 4.08. The van der Waals surface area contributed by atoms with Gasteiger partial charge in [-0.1, -0.05) is 43.2 Å². The highest BCUT2D eigenvalue weighted by molar-refractivity contribution is 5.85. The highest BCUT2D eigenvalue weighted by Crippen LogP contribution is 2.25. The molecule has 1 aromatic carbocycles. The maximum absolute atomic E-state index is 12.5. The third-order valence-electron chi connectivity index (χ3n) is 4.27. The van der Waals surface area contributed by atoms with Crippen LogP contribution in [0.4, 0.5) is 0 Å². The highest BCUT2D eigenvalue weighted by Gasteiger charge is 2.29. The Labute approximate surface area is 145 Å². The molecule has 1 aliphatic rings. The quantitative estimate of drug-likeness (QED) is 0.775. The van der Waals surface area contributed by atoms with Crippen LogP contribution in [0.1, 0.15) is 50.7 Å². The Bertz CT molecular complexity index is 456. The van der Waals surface area contributed by atoms with Gasteiger partial charge in [-0.05, 0) is 31.9 Å². The number of carbonyl (C=O) groups excluding carboxylic acids is 1. The zero-order valence-corrected chi connectivity index (χ0v) is 14.8. The van der Waals surface area contributed by atoms with Gasteiger partial charge in [0, 0.05) is 6.42 Å². The first-order valence-corrected chi connectivity index (χ1v) is 8.38. The van der Waals surface area contributed by atoms with Gasteiger partial charge in [0.2, 0.25) is 5.91 Å². The minimum atomic E-state index is -0.00131. The molecule has 4 nitrogen and oxygen atoms in total. The van der Waals surface area contributed by atoms with E-state index in [1.807, 2.05) is 23.1 Å². The normalized spacial score (nSPS) is 20.9. The van der Waals surface area contributed by atoms with Gasteiger partial charge in [0.05, 0.1) is 19.2 Å². The molecule has 0 spiro atoms. The lowest BCUT2D eigenvalue weighted by molar-refractivity contribution is -0.144. The maximum Gasteiger partial charge on any atom is 0.222 e. The number of nitrogens with two attached hydrogens (primary N) is 1. The highest BCUT2D eigenvalue weighted by atomic mass is 35.5. The second-order valence-corrected chi connectivity index (χ2v) is 6.08. The van der Waals surface area contributed by atoms with Crippen LogP contribution in [0.2, 0.25) is 0 Å². The number of unbranched alkanes of at least 4 members (excludes halogenated alkanes) is 3. The molecule has 1 saturated heterocycles. The lowest BCUT2D eigenvalue weighted by Crippen LogP contribution is -2.48. The number of benzene rings is 1. The number of halogens is 1. The number of carbonyl (C=O) groups is 1. The van der Waals surface area contributed by atoms with Crippen LogP contribution in [-0.2, 0) is 9.53 Å². The fraction of sp³-hybridized carbons (Fsp3) is 0.611. The van der Waals surface area contributed by atoms with E-state index in [-0.39, 0.29) is 30.5 Å². The molecule has 0 aromatic heterocycles. The van der Waals surface area contributed by atoms with Crippen LogP contribution in [0.3, 0.4) is 0 Å². The van der Waals surface area contributed by atoms with Gasteiger partial charge in [0.15, 0.2) is 0 Å². The smallest absolute Gasteiger partial charge is 0.222 e. The summed E-state index contributed by atoms with van der Waals surface area (Å²) in [5.74, 6) is 0.254. The van der Waals surface area contributed by atoms with Crippen LogP contribution in [0, 0.1) is 0 Å². The summed E-state index contributed by atoms with van der Waals surface area (Å²) in [5, 5.41) is 0. The van der Waals surface area contributed by atoms with Crippen molar-refractivity contribution in [1.29, 1.82) is 0 Å². The topological polar surface area (TPSA) is 55.6 Å². The number of hydrogen-bond acceptors (Lipinski definition) is 3. The van der Waals surface area contributed by atoms with Gasteiger partial charge in [0.25, 0.3) is 0 Å². The van der Waals surface area contributed by atoms with Crippen molar-refractivity contribution in [2.45, 2.75) is 51.2 Å². The zero-order chi connectivity index (χ0) is 15.8. The molecule has 1 heterocycles. The standard InChI is InChI=1S/C18H28N2O2.ClH/c1-15-14-22-17(16-9-5-4-6-10-16)13-20(15)18(21)11-7-2-3-8-12-19;/h4-6,9-10,15,17H,2-3,7-8,11-14,19H2,1H3;1H. The molecule has 0 aliphatic carbocycles. The summed E-state index contributed by atoms with van der Waals surface area (Å²) < 4.78 is 5.91. The molecule has 1 aromatic rings. The van der Waals surface area contributed by atoms with Gasteiger partial charge in [-0.3, -0.25) is 4.79 Å². The Kier molecular flexibility index (Phi) is 9.22. The monoisotopic (exact) mass is 340 g/mol. The molecule has 1 aliphatic heterocycles. The van der Waals surface area contributed by atoms with E-state index in [0.717, 1.165) is 37.8 Å². The van der Waals surface area contributed by atoms with Gasteiger partial charge in [-0.2, -0.15) is 0 Å². The van der Waals surface area contributed by atoms with Crippen molar-refractivity contribution in [1.82, 2.24) is 4.90 Å². The molecule has 2 rings (SSSR count). The molecule has 23 heavy (non-hydrogen) atoms. The van der Waals surface area contributed by atoms with Gasteiger partial charge < -0.3 is 15.4 Å². The maximum atomic E-state index is 12.5. The second kappa shape index (κ2) is 10.6. The molecule has 0 saturated carbocycles. The predicted octanol–water partition coefficient (Wildman–Crippen LogP) is 3.31. The Morgan fingerprint density at radius 1 is 1.22 bits per heavy atom. The van der Waals surface area contributed by atoms with Crippen molar-refractivity contribution in [2.24, 2.45) is 5.73 Å². The Hall–Kier alpha value is -1.10. The first kappa shape index (κ1) is 19.9. The molecule has 130 valence electrons. The van der Waals surface area contributed by atoms with E-state index in [9.17, 15) is 4.79 Å². The fourth-order valence-corrected chi connectivity index (χ4v) is 2.89. The van der Waals surface area contributed by atoms with Crippen LogP contribution in [0.5, 0.6) is 0 Å². The number of morpholine rings is 1. The van der Waals surface area contributed by atoms with Gasteiger partial charge in [-0.25, -0.2) is 0 Å². The molecule has 2 atom stereocenters. The van der Waals surface area contributed by atoms with Crippen molar-refractivity contribution in [3.8, 4) is 0 Å². The number of rotatable bonds is 7. The Morgan fingerprint density at radius 3 is 2.61 bits per heavy atom. The minimum absolute atomic E-state index is 0. The van der Waals surface area contributed by atoms with E-state index < -0.39 is 0 Å². The van der Waals surface area contributed by atoms with Gasteiger partial charge in [0.1, 0.15) is 6.10 Å². The van der Waals surface area contributed by atoms with Gasteiger partial charge in [-0.15, -0.1) is 12.4 Å². The van der Waals surface area contributed by atoms with Crippen LogP contribution >= 0.6 is 12.4 Å². The van der Waals surface area contributed by atoms with Crippen molar-refractivity contribution in [3.63, 3.8) is 0 Å². The molecule has 1 fully saturated rings. The number of amides is 1. The summed E-state index contributed by atoms with van der Waals surface area (Å²) in [6.07, 6.45) is 4.85. The third-order valence-corrected chi connectivity index (χ3v) is 4.27. The largest absolute Gasteiger partial charge is 0.370 e. The third kappa shape index (κ3) is 6.13. The van der Waals surface area contributed by atoms with E-state index in [4.69, 9.17) is 10.5 Å². The van der Waals surface area contributed by atoms with Crippen molar-refractivity contribution >= 4 is 18.3 Å². The lowest BCUT2D eigenvalue weighted by Gasteiger charge is -2.38. The number of hydrogen-bond donors (Lipinski definition) is 1. The van der Waals surface area contributed by atoms with E-state index in [1.54, 1.807) is 0 Å². The first-order chi connectivity index (χ1) is 10.7. The summed E-state index contributed by atoms with van der Waals surface area (Å²) in [5.41, 5.74) is 6.64. The molecular formula is C18H29ClN2O2. The fourth-order valence-electron chi connectivity index (χ4n) is 2.89. The molecule has 1 amide bonds. The SMILES string of the molecule is CC1COC(c2ccccc2)CN1C(=O)CCCCCCN.Cl. The summed E-state index contributed by atoms with van der Waals surface area (Å²) in [7, 11) is 0. The number of nitrogens with zero attached hydrogens (tertiary/aromatic N) is 1. The minimum Gasteiger partial charge on any atom is -0.370 e. The lowest BCUT2D eigenvalue weighted by atomic mass is 10.0. The molecule has 5 heteroatoms. The Morgan fingerprint density at radius 2 is 1.91 bits per heavy atom. The van der Waals surface area contributed by atoms with E-state index >= 15 is 0 Å². The second-order valence-electron chi connectivity index (χ2n) is 6.08. The summed E-state index contributed by atoms with van der Waals surface area (Å²) in [6, 6.07) is 10.3. The average Bonchev–Trinajstić information content (AvgIpc) is 2.55. The van der Waals surface area contributed by atoms with Crippen molar-refractivity contribution < 1.29 is 9.53 Å². The predicted molar refractivity (Wildman–Crippen MR) is 95.7 cm³/mol.